The van der Waals surface area contributed by atoms with E-state index in [9.17, 15) is 9.90 Å². The first-order valence-electron chi connectivity index (χ1n) is 10.1. The van der Waals surface area contributed by atoms with Crippen LogP contribution in [-0.4, -0.2) is 35.1 Å². The molecule has 2 unspecified atom stereocenters. The van der Waals surface area contributed by atoms with Gasteiger partial charge < -0.3 is 9.84 Å². The van der Waals surface area contributed by atoms with Gasteiger partial charge in [-0.15, -0.1) is 0 Å². The lowest BCUT2D eigenvalue weighted by Crippen LogP contribution is -2.43. The van der Waals surface area contributed by atoms with Gasteiger partial charge in [0.25, 0.3) is 0 Å². The second-order valence-corrected chi connectivity index (χ2v) is 7.82. The first-order valence-corrected chi connectivity index (χ1v) is 10.1. The van der Waals surface area contributed by atoms with Gasteiger partial charge in [-0.25, -0.2) is 0 Å². The Balaban J connectivity index is 1.69. The van der Waals surface area contributed by atoms with Gasteiger partial charge in [0.05, 0.1) is 5.92 Å². The molecule has 4 heteroatoms. The molecule has 28 heavy (non-hydrogen) atoms. The third-order valence-corrected chi connectivity index (χ3v) is 6.27. The molecule has 2 atom stereocenters. The minimum Gasteiger partial charge on any atom is -0.488 e. The quantitative estimate of drug-likeness (QED) is 0.850. The van der Waals surface area contributed by atoms with E-state index in [4.69, 9.17) is 4.74 Å². The molecule has 0 bridgehead atoms. The lowest BCUT2D eigenvalue weighted by molar-refractivity contribution is -0.143. The zero-order valence-electron chi connectivity index (χ0n) is 16.5. The molecule has 0 aromatic heterocycles. The van der Waals surface area contributed by atoms with E-state index in [0.717, 1.165) is 31.7 Å². The van der Waals surface area contributed by atoms with Crippen molar-refractivity contribution in [3.05, 3.63) is 70.8 Å². The first kappa shape index (κ1) is 18.8. The molecule has 2 aliphatic heterocycles. The molecular weight excluding hydrogens is 350 g/mol. The minimum atomic E-state index is -0.722. The van der Waals surface area contributed by atoms with Crippen LogP contribution in [0.25, 0.3) is 5.57 Å². The van der Waals surface area contributed by atoms with Crippen molar-refractivity contribution < 1.29 is 14.6 Å². The normalized spacial score (nSPS) is 19.1. The summed E-state index contributed by atoms with van der Waals surface area (Å²) in [6, 6.07) is 16.8. The van der Waals surface area contributed by atoms with Crippen LogP contribution >= 0.6 is 0 Å². The van der Waals surface area contributed by atoms with Crippen LogP contribution in [0.3, 0.4) is 0 Å². The average Bonchev–Trinajstić information content (AvgIpc) is 2.89. The molecule has 0 aliphatic carbocycles. The van der Waals surface area contributed by atoms with Gasteiger partial charge in [-0.1, -0.05) is 55.0 Å². The predicted octanol–water partition coefficient (Wildman–Crippen LogP) is 4.59. The molecule has 2 heterocycles. The Bertz CT molecular complexity index is 858. The Hall–Kier alpha value is -2.59. The van der Waals surface area contributed by atoms with Crippen molar-refractivity contribution in [3.63, 3.8) is 0 Å². The van der Waals surface area contributed by atoms with Gasteiger partial charge in [-0.3, -0.25) is 9.69 Å². The van der Waals surface area contributed by atoms with Crippen LogP contribution in [0.1, 0.15) is 43.4 Å². The summed E-state index contributed by atoms with van der Waals surface area (Å²) < 4.78 is 6.10. The maximum Gasteiger partial charge on any atom is 0.307 e. The molecule has 2 aliphatic rings. The molecule has 1 saturated heterocycles. The molecule has 0 amide bonds. The highest BCUT2D eigenvalue weighted by Gasteiger charge is 2.29. The molecule has 2 aromatic rings. The highest BCUT2D eigenvalue weighted by molar-refractivity contribution is 5.87. The lowest BCUT2D eigenvalue weighted by atomic mass is 9.86. The SMILES string of the molecule is CC(C(=O)O)C(C)N1CCC(=C2c3ccccc3COc3ccccc32)CC1. The van der Waals surface area contributed by atoms with Crippen LogP contribution in [0.2, 0.25) is 0 Å². The second-order valence-electron chi connectivity index (χ2n) is 7.82. The highest BCUT2D eigenvalue weighted by Crippen LogP contribution is 2.41. The highest BCUT2D eigenvalue weighted by atomic mass is 16.5. The van der Waals surface area contributed by atoms with Crippen LogP contribution in [0.15, 0.2) is 54.1 Å². The minimum absolute atomic E-state index is 0.0427. The van der Waals surface area contributed by atoms with Crippen molar-refractivity contribution in [2.45, 2.75) is 39.3 Å². The number of fused-ring (bicyclic) bond motifs is 2. The van der Waals surface area contributed by atoms with Gasteiger partial charge in [0.15, 0.2) is 0 Å². The van der Waals surface area contributed by atoms with Crippen LogP contribution in [0.5, 0.6) is 5.75 Å². The predicted molar refractivity (Wildman–Crippen MR) is 110 cm³/mol. The smallest absolute Gasteiger partial charge is 0.307 e. The monoisotopic (exact) mass is 377 g/mol. The number of nitrogens with zero attached hydrogens (tertiary/aromatic N) is 1. The summed E-state index contributed by atoms with van der Waals surface area (Å²) in [6.45, 7) is 6.20. The summed E-state index contributed by atoms with van der Waals surface area (Å²) in [7, 11) is 0. The summed E-state index contributed by atoms with van der Waals surface area (Å²) in [6.07, 6.45) is 1.91. The van der Waals surface area contributed by atoms with Gasteiger partial charge in [0.1, 0.15) is 12.4 Å². The fourth-order valence-electron chi connectivity index (χ4n) is 4.34. The zero-order valence-corrected chi connectivity index (χ0v) is 16.5. The van der Waals surface area contributed by atoms with Crippen molar-refractivity contribution in [2.75, 3.05) is 13.1 Å². The van der Waals surface area contributed by atoms with Gasteiger partial charge in [-0.05, 0) is 42.5 Å². The fraction of sp³-hybridized carbons (Fsp3) is 0.375. The van der Waals surface area contributed by atoms with E-state index in [1.165, 1.54) is 27.8 Å². The van der Waals surface area contributed by atoms with E-state index in [1.54, 1.807) is 6.92 Å². The van der Waals surface area contributed by atoms with E-state index in [-0.39, 0.29) is 12.0 Å². The maximum atomic E-state index is 11.4. The van der Waals surface area contributed by atoms with E-state index >= 15 is 0 Å². The second kappa shape index (κ2) is 7.80. The number of para-hydroxylation sites is 1. The third-order valence-electron chi connectivity index (χ3n) is 6.27. The van der Waals surface area contributed by atoms with E-state index in [0.29, 0.717) is 6.61 Å². The molecular formula is C24H27NO3. The summed E-state index contributed by atoms with van der Waals surface area (Å²) in [5, 5.41) is 9.34. The topological polar surface area (TPSA) is 49.8 Å². The Labute approximate surface area is 166 Å². The molecule has 0 spiro atoms. The van der Waals surface area contributed by atoms with Crippen LogP contribution in [-0.2, 0) is 11.4 Å². The third kappa shape index (κ3) is 3.45. The van der Waals surface area contributed by atoms with E-state index < -0.39 is 5.97 Å². The number of carboxylic acids is 1. The number of aliphatic carboxylic acids is 1. The molecule has 2 aromatic carbocycles. The lowest BCUT2D eigenvalue weighted by Gasteiger charge is -2.36. The number of ether oxygens (including phenoxy) is 1. The van der Waals surface area contributed by atoms with Gasteiger partial charge in [0, 0.05) is 24.7 Å². The van der Waals surface area contributed by atoms with Gasteiger partial charge >= 0.3 is 5.97 Å². The van der Waals surface area contributed by atoms with Crippen LogP contribution < -0.4 is 4.74 Å². The first-order chi connectivity index (χ1) is 13.6. The molecule has 146 valence electrons. The maximum absolute atomic E-state index is 11.4. The number of piperidine rings is 1. The zero-order chi connectivity index (χ0) is 19.7. The van der Waals surface area contributed by atoms with Crippen molar-refractivity contribution in [2.24, 2.45) is 5.92 Å². The Morgan fingerprint density at radius 1 is 1.00 bits per heavy atom. The number of benzene rings is 2. The standard InChI is InChI=1S/C24H27NO3/c1-16(24(26)27)17(2)25-13-11-18(12-14-25)23-20-8-4-3-7-19(20)15-28-22-10-6-5-9-21(22)23/h3-10,16-17H,11-15H2,1-2H3,(H,26,27). The number of hydrogen-bond donors (Lipinski definition) is 1. The molecule has 1 fully saturated rings. The van der Waals surface area contributed by atoms with Gasteiger partial charge in [-0.2, -0.15) is 0 Å². The average molecular weight is 377 g/mol. The summed E-state index contributed by atoms with van der Waals surface area (Å²) in [5.41, 5.74) is 6.40. The van der Waals surface area contributed by atoms with E-state index in [2.05, 4.69) is 41.3 Å². The number of carbonyl (C=O) groups is 1. The van der Waals surface area contributed by atoms with Crippen LogP contribution in [0, 0.1) is 5.92 Å². The molecule has 0 radical (unpaired) electrons. The number of carboxylic acid groups (broad SMARTS) is 1. The number of likely N-dealkylation sites (tertiary alicyclic amines) is 1. The molecule has 4 nitrogen and oxygen atoms in total. The van der Waals surface area contributed by atoms with E-state index in [1.807, 2.05) is 19.1 Å². The Morgan fingerprint density at radius 3 is 2.36 bits per heavy atom. The van der Waals surface area contributed by atoms with Crippen molar-refractivity contribution >= 4 is 11.5 Å². The summed E-state index contributed by atoms with van der Waals surface area (Å²) in [4.78, 5) is 13.7. The van der Waals surface area contributed by atoms with Gasteiger partial charge in [0.2, 0.25) is 0 Å². The van der Waals surface area contributed by atoms with Crippen LogP contribution in [0.4, 0.5) is 0 Å². The van der Waals surface area contributed by atoms with Crippen molar-refractivity contribution in [3.8, 4) is 5.75 Å². The molecule has 4 rings (SSSR count). The fourth-order valence-corrected chi connectivity index (χ4v) is 4.34. The number of hydrogen-bond acceptors (Lipinski definition) is 3. The Kier molecular flexibility index (Phi) is 5.23. The number of rotatable bonds is 3. The largest absolute Gasteiger partial charge is 0.488 e. The Morgan fingerprint density at radius 2 is 1.64 bits per heavy atom. The van der Waals surface area contributed by atoms with Crippen molar-refractivity contribution in [1.82, 2.24) is 4.90 Å². The molecule has 0 saturated carbocycles. The molecule has 1 N–H and O–H groups in total. The van der Waals surface area contributed by atoms with Crippen molar-refractivity contribution in [1.29, 1.82) is 0 Å². The summed E-state index contributed by atoms with van der Waals surface area (Å²) >= 11 is 0. The summed E-state index contributed by atoms with van der Waals surface area (Å²) in [5.74, 6) is -0.140.